The van der Waals surface area contributed by atoms with Crippen LogP contribution in [0, 0.1) is 23.6 Å². The molecular formula is C27H28FN3O5S. The molecule has 1 saturated heterocycles. The Morgan fingerprint density at radius 3 is 2.65 bits per heavy atom. The van der Waals surface area contributed by atoms with Gasteiger partial charge in [-0.25, -0.2) is 14.4 Å². The summed E-state index contributed by atoms with van der Waals surface area (Å²) >= 11 is 1.13. The normalized spacial score (nSPS) is 26.4. The van der Waals surface area contributed by atoms with Gasteiger partial charge >= 0.3 is 5.97 Å². The molecule has 3 fully saturated rings. The van der Waals surface area contributed by atoms with Crippen LogP contribution in [0.5, 0.6) is 0 Å². The van der Waals surface area contributed by atoms with Crippen molar-refractivity contribution < 1.29 is 28.6 Å². The molecule has 2 aliphatic carbocycles. The number of β-amino-alcohol motifs (C(OH)–C–C–N with tert-alkyl or cyclic N) is 2. The van der Waals surface area contributed by atoms with E-state index in [9.17, 15) is 19.4 Å². The fraction of sp³-hybridized carbons (Fsp3) is 0.444. The molecule has 4 atom stereocenters. The third-order valence-electron chi connectivity index (χ3n) is 7.71. The van der Waals surface area contributed by atoms with Gasteiger partial charge in [-0.2, -0.15) is 0 Å². The molecule has 0 spiro atoms. The van der Waals surface area contributed by atoms with Gasteiger partial charge in [0, 0.05) is 29.5 Å². The van der Waals surface area contributed by atoms with Crippen LogP contribution in [0.25, 0.3) is 22.8 Å². The number of ether oxygens (including phenoxy) is 1. The number of nitrogens with zero attached hydrogens (tertiary/aromatic N) is 3. The number of hydrogen-bond acceptors (Lipinski definition) is 9. The molecule has 0 bridgehead atoms. The largest absolute Gasteiger partial charge is 0.469 e. The van der Waals surface area contributed by atoms with Gasteiger partial charge in [0.05, 0.1) is 25.8 Å². The number of fused-ring (bicyclic) bond motifs is 1. The zero-order valence-electron chi connectivity index (χ0n) is 20.3. The number of esters is 1. The van der Waals surface area contributed by atoms with Crippen LogP contribution in [0.2, 0.25) is 0 Å². The van der Waals surface area contributed by atoms with Crippen molar-refractivity contribution in [3.05, 3.63) is 54.2 Å². The first-order valence-electron chi connectivity index (χ1n) is 12.5. The number of rotatable bonds is 5. The van der Waals surface area contributed by atoms with E-state index in [0.29, 0.717) is 41.3 Å². The third-order valence-corrected chi connectivity index (χ3v) is 8.68. The molecule has 2 unspecified atom stereocenters. The molecule has 1 aliphatic heterocycles. The first-order chi connectivity index (χ1) is 17.8. The molecule has 0 amide bonds. The number of anilines is 1. The summed E-state index contributed by atoms with van der Waals surface area (Å²) < 4.78 is 25.0. The van der Waals surface area contributed by atoms with Gasteiger partial charge in [-0.1, -0.05) is 23.9 Å². The molecule has 10 heteroatoms. The van der Waals surface area contributed by atoms with E-state index >= 15 is 0 Å². The Bertz CT molecular complexity index is 1300. The summed E-state index contributed by atoms with van der Waals surface area (Å²) in [5.74, 6) is 1.42. The molecule has 8 nitrogen and oxygen atoms in total. The standard InChI is InChI=1S/C27H28FN3O5S/c1-35-26(32)21-12-17-10-16(17)11-20(21)24-23(30-25(36-24)22-7-4-18(28)13-29-22)15-2-5-19(6-3-15)31-8-9-37-27(33,34)14-31/h2-7,13,16-17,20-21,33-34H,8-12,14H2,1H3/t16?,17?,20-,21-/m1/s1. The van der Waals surface area contributed by atoms with Crippen LogP contribution in [0.15, 0.2) is 47.0 Å². The Kier molecular flexibility index (Phi) is 6.21. The number of aliphatic hydroxyl groups is 2. The van der Waals surface area contributed by atoms with E-state index < -0.39 is 10.9 Å². The highest BCUT2D eigenvalue weighted by Crippen LogP contribution is 2.57. The quantitative estimate of drug-likeness (QED) is 0.377. The Balaban J connectivity index is 1.38. The van der Waals surface area contributed by atoms with Crippen LogP contribution in [-0.2, 0) is 9.53 Å². The van der Waals surface area contributed by atoms with E-state index in [1.807, 2.05) is 29.2 Å². The number of methoxy groups -OCH3 is 1. The second-order valence-electron chi connectivity index (χ2n) is 10.1. The summed E-state index contributed by atoms with van der Waals surface area (Å²) in [7, 11) is 1.42. The summed E-state index contributed by atoms with van der Waals surface area (Å²) in [6.45, 7) is 0.811. The molecular weight excluding hydrogens is 497 g/mol. The average Bonchev–Trinajstić information content (AvgIpc) is 3.53. The lowest BCUT2D eigenvalue weighted by atomic mass is 9.77. The molecule has 3 aromatic rings. The summed E-state index contributed by atoms with van der Waals surface area (Å²) in [6.07, 6.45) is 3.82. The molecule has 0 radical (unpaired) electrons. The molecule has 194 valence electrons. The molecule has 6 rings (SSSR count). The molecule has 3 heterocycles. The Morgan fingerprint density at radius 1 is 1.16 bits per heavy atom. The van der Waals surface area contributed by atoms with Crippen molar-refractivity contribution in [2.75, 3.05) is 30.9 Å². The van der Waals surface area contributed by atoms with Crippen molar-refractivity contribution in [2.24, 2.45) is 17.8 Å². The number of oxazole rings is 1. The second kappa shape index (κ2) is 9.41. The lowest BCUT2D eigenvalue weighted by molar-refractivity contribution is -0.147. The van der Waals surface area contributed by atoms with Crippen LogP contribution >= 0.6 is 11.8 Å². The zero-order valence-corrected chi connectivity index (χ0v) is 21.2. The van der Waals surface area contributed by atoms with Gasteiger partial charge in [0.25, 0.3) is 0 Å². The number of benzene rings is 1. The van der Waals surface area contributed by atoms with Crippen molar-refractivity contribution in [2.45, 2.75) is 30.3 Å². The molecule has 2 saturated carbocycles. The zero-order chi connectivity index (χ0) is 25.7. The van der Waals surface area contributed by atoms with Gasteiger partial charge in [0.2, 0.25) is 11.0 Å². The van der Waals surface area contributed by atoms with Gasteiger partial charge in [-0.3, -0.25) is 4.79 Å². The van der Waals surface area contributed by atoms with Crippen molar-refractivity contribution in [3.63, 3.8) is 0 Å². The van der Waals surface area contributed by atoms with Crippen LogP contribution in [0.4, 0.5) is 10.1 Å². The fourth-order valence-electron chi connectivity index (χ4n) is 5.72. The Morgan fingerprint density at radius 2 is 1.95 bits per heavy atom. The minimum atomic E-state index is -1.78. The van der Waals surface area contributed by atoms with Gasteiger partial charge in [0.1, 0.15) is 23.0 Å². The van der Waals surface area contributed by atoms with E-state index in [1.165, 1.54) is 19.2 Å². The summed E-state index contributed by atoms with van der Waals surface area (Å²) in [5, 5.41) is 18.3. The first kappa shape index (κ1) is 24.4. The number of hydrogen-bond donors (Lipinski definition) is 2. The van der Waals surface area contributed by atoms with Gasteiger partial charge in [-0.05, 0) is 55.4 Å². The minimum absolute atomic E-state index is 0.109. The van der Waals surface area contributed by atoms with Gasteiger partial charge in [0.15, 0.2) is 0 Å². The van der Waals surface area contributed by atoms with Crippen molar-refractivity contribution >= 4 is 23.4 Å². The number of carbonyl (C=O) groups is 1. The lowest BCUT2D eigenvalue weighted by Crippen LogP contribution is -2.46. The molecule has 1 aromatic carbocycles. The maximum Gasteiger partial charge on any atom is 0.309 e. The van der Waals surface area contributed by atoms with E-state index in [2.05, 4.69) is 4.98 Å². The number of carbonyl (C=O) groups excluding carboxylic acids is 1. The van der Waals surface area contributed by atoms with Crippen molar-refractivity contribution in [1.29, 1.82) is 0 Å². The number of aromatic nitrogens is 2. The van der Waals surface area contributed by atoms with Gasteiger partial charge < -0.3 is 24.3 Å². The summed E-state index contributed by atoms with van der Waals surface area (Å²) in [5.41, 5.74) is 2.71. The van der Waals surface area contributed by atoms with Crippen LogP contribution in [-0.4, -0.2) is 57.2 Å². The highest BCUT2D eigenvalue weighted by Gasteiger charge is 2.51. The third kappa shape index (κ3) is 4.85. The van der Waals surface area contributed by atoms with E-state index in [4.69, 9.17) is 14.1 Å². The maximum atomic E-state index is 13.5. The summed E-state index contributed by atoms with van der Waals surface area (Å²) in [4.78, 5) is 23.6. The Labute approximate surface area is 217 Å². The predicted molar refractivity (Wildman–Crippen MR) is 136 cm³/mol. The van der Waals surface area contributed by atoms with E-state index in [1.54, 1.807) is 0 Å². The summed E-state index contributed by atoms with van der Waals surface area (Å²) in [6, 6.07) is 10.5. The molecule has 2 aromatic heterocycles. The maximum absolute atomic E-state index is 13.5. The topological polar surface area (TPSA) is 109 Å². The predicted octanol–water partition coefficient (Wildman–Crippen LogP) is 4.04. The highest BCUT2D eigenvalue weighted by atomic mass is 32.2. The first-order valence-corrected chi connectivity index (χ1v) is 13.4. The van der Waals surface area contributed by atoms with E-state index in [-0.39, 0.29) is 30.2 Å². The molecule has 2 N–H and O–H groups in total. The van der Waals surface area contributed by atoms with Crippen molar-refractivity contribution in [3.8, 4) is 22.8 Å². The number of halogens is 1. The van der Waals surface area contributed by atoms with Gasteiger partial charge in [-0.15, -0.1) is 0 Å². The number of pyridine rings is 1. The van der Waals surface area contributed by atoms with Crippen LogP contribution in [0.3, 0.4) is 0 Å². The Hall–Kier alpha value is -2.95. The number of thioether (sulfide) groups is 1. The highest BCUT2D eigenvalue weighted by molar-refractivity contribution is 8.00. The van der Waals surface area contributed by atoms with E-state index in [0.717, 1.165) is 48.5 Å². The van der Waals surface area contributed by atoms with Crippen LogP contribution in [0.1, 0.15) is 30.9 Å². The molecule has 37 heavy (non-hydrogen) atoms. The fourth-order valence-corrected chi connectivity index (χ4v) is 6.60. The monoisotopic (exact) mass is 525 g/mol. The minimum Gasteiger partial charge on any atom is -0.469 e. The SMILES string of the molecule is COC(=O)[C@@H]1CC2CC2C[C@H]1c1oc(-c2ccc(F)cn2)nc1-c1ccc(N2CCSC(O)(O)C2)cc1. The second-order valence-corrected chi connectivity index (χ2v) is 11.5. The van der Waals surface area contributed by atoms with Crippen LogP contribution < -0.4 is 4.90 Å². The smallest absolute Gasteiger partial charge is 0.309 e. The molecule has 3 aliphatic rings. The average molecular weight is 526 g/mol. The lowest BCUT2D eigenvalue weighted by Gasteiger charge is -2.36. The van der Waals surface area contributed by atoms with Crippen molar-refractivity contribution in [1.82, 2.24) is 9.97 Å².